The second-order valence-corrected chi connectivity index (χ2v) is 20.1. The number of methoxy groups -OCH3 is 1. The highest BCUT2D eigenvalue weighted by atomic mass is 35.5. The summed E-state index contributed by atoms with van der Waals surface area (Å²) in [5, 5.41) is 76.5. The van der Waals surface area contributed by atoms with Crippen LogP contribution in [-0.2, 0) is 53.9 Å². The molecular weight excluding hydrogens is 983 g/mol. The summed E-state index contributed by atoms with van der Waals surface area (Å²) in [5.41, 5.74) is 0.318. The van der Waals surface area contributed by atoms with Crippen LogP contribution in [0.1, 0.15) is 111 Å². The molecule has 404 valence electrons. The van der Waals surface area contributed by atoms with Gasteiger partial charge in [0.2, 0.25) is 0 Å². The van der Waals surface area contributed by atoms with Crippen molar-refractivity contribution in [2.75, 3.05) is 13.7 Å². The van der Waals surface area contributed by atoms with Gasteiger partial charge in [-0.3, -0.25) is 4.79 Å². The summed E-state index contributed by atoms with van der Waals surface area (Å²) in [4.78, 5) is 40.0. The second kappa shape index (κ2) is 26.5. The molecule has 2 fully saturated rings. The van der Waals surface area contributed by atoms with Crippen molar-refractivity contribution in [2.24, 2.45) is 11.8 Å². The van der Waals surface area contributed by atoms with Crippen LogP contribution < -0.4 is 0 Å². The number of allylic oxidation sites excluding steroid dienone is 4. The van der Waals surface area contributed by atoms with E-state index in [0.29, 0.717) is 23.1 Å². The number of hydrogen-bond donors (Lipinski definition) is 7. The lowest BCUT2D eigenvalue weighted by Gasteiger charge is -2.47. The molecule has 0 amide bonds. The van der Waals surface area contributed by atoms with Gasteiger partial charge in [0.1, 0.15) is 46.7 Å². The number of phenols is 2. The first-order valence-corrected chi connectivity index (χ1v) is 24.9. The van der Waals surface area contributed by atoms with Crippen molar-refractivity contribution in [1.29, 1.82) is 0 Å². The SMILES string of the molecule is CCc1c(Cl)c(O)c(Cl)c(O)c1C(=O)O[C@H]1[C@H](O)[C@H](OC)[C@H](OC/C2=C/C=C\C[C@H](O)/C(C)=C\[C@H](CC)[C@@H](O[C@@H]3OC(C)(C)[C@@H](OC(=O)C(C)C)[C@H](O)[C@@H]3O)/C(C)=C\C(C)=C/C[C@@H]([C@@H](C)O)OC2=O)O[C@@H]1C. The number of aliphatic hydroxyl groups excluding tert-OH is 5. The summed E-state index contributed by atoms with van der Waals surface area (Å²) < 4.78 is 47.5. The van der Waals surface area contributed by atoms with E-state index < -0.39 is 144 Å². The smallest absolute Gasteiger partial charge is 0.342 e. The lowest BCUT2D eigenvalue weighted by atomic mass is 9.88. The standard InChI is InChI=1S/C52H74Cl2O18/c1-13-30-22-26(6)33(56)18-16-15-17-31(23-66-51-45(65-12)42(61)44(29(9)67-51)69-49(64)35-32(14-2)36(53)39(58)37(54)38(35)57)48(63)68-34(28(8)55)20-19-25(5)21-27(7)43(30)70-50-41(60)40(59)46(52(10,11)72-50)71-47(62)24(3)4/h15-17,19,21-22,24,28-30,33-34,40-46,50-51,55-61H,13-14,18,20,23H2,1-12H3/b16-15-,25-19-,26-22-,27-21-,31-17-/t28-,29-,30+,33+,34+,40-,41+,42+,43+,44-,45+,46+,50-,51-/m1/s1. The minimum atomic E-state index is -1.61. The average molecular weight is 1060 g/mol. The molecule has 3 aliphatic rings. The summed E-state index contributed by atoms with van der Waals surface area (Å²) in [6.07, 6.45) is -5.45. The van der Waals surface area contributed by atoms with Gasteiger partial charge in [0.25, 0.3) is 0 Å². The molecule has 7 N–H and O–H groups in total. The van der Waals surface area contributed by atoms with Crippen LogP contribution in [0.3, 0.4) is 0 Å². The quantitative estimate of drug-likeness (QED) is 0.0655. The van der Waals surface area contributed by atoms with Crippen LogP contribution >= 0.6 is 23.2 Å². The highest BCUT2D eigenvalue weighted by molar-refractivity contribution is 6.39. The van der Waals surface area contributed by atoms with Crippen molar-refractivity contribution < 1.29 is 88.0 Å². The maximum atomic E-state index is 13.9. The molecule has 0 spiro atoms. The molecule has 14 atom stereocenters. The van der Waals surface area contributed by atoms with Crippen LogP contribution in [0.4, 0.5) is 0 Å². The summed E-state index contributed by atoms with van der Waals surface area (Å²) in [6.45, 7) is 18.1. The Morgan fingerprint density at radius 3 is 2.17 bits per heavy atom. The fourth-order valence-corrected chi connectivity index (χ4v) is 9.16. The molecule has 0 radical (unpaired) electrons. The van der Waals surface area contributed by atoms with Gasteiger partial charge in [-0.1, -0.05) is 86.9 Å². The van der Waals surface area contributed by atoms with Crippen LogP contribution in [0.2, 0.25) is 10.0 Å². The zero-order valence-corrected chi connectivity index (χ0v) is 44.5. The van der Waals surface area contributed by atoms with Gasteiger partial charge in [0.15, 0.2) is 36.3 Å². The first-order chi connectivity index (χ1) is 33.7. The third-order valence-corrected chi connectivity index (χ3v) is 13.8. The third-order valence-electron chi connectivity index (χ3n) is 13.0. The van der Waals surface area contributed by atoms with Gasteiger partial charge in [0, 0.05) is 19.4 Å². The predicted octanol–water partition coefficient (Wildman–Crippen LogP) is 6.23. The van der Waals surface area contributed by atoms with Crippen molar-refractivity contribution >= 4 is 41.1 Å². The van der Waals surface area contributed by atoms with E-state index in [9.17, 15) is 50.1 Å². The van der Waals surface area contributed by atoms with E-state index in [1.165, 1.54) is 33.1 Å². The lowest BCUT2D eigenvalue weighted by molar-refractivity contribution is -0.333. The topological polar surface area (TPSA) is 267 Å². The Bertz CT molecular complexity index is 2220. The van der Waals surface area contributed by atoms with Gasteiger partial charge in [0.05, 0.1) is 47.5 Å². The Morgan fingerprint density at radius 2 is 1.57 bits per heavy atom. The molecule has 0 aromatic heterocycles. The summed E-state index contributed by atoms with van der Waals surface area (Å²) in [6, 6.07) is 0. The van der Waals surface area contributed by atoms with Gasteiger partial charge in [-0.15, -0.1) is 0 Å². The van der Waals surface area contributed by atoms with Gasteiger partial charge >= 0.3 is 17.9 Å². The molecule has 20 heteroatoms. The highest BCUT2D eigenvalue weighted by Gasteiger charge is 2.53. The maximum absolute atomic E-state index is 13.9. The van der Waals surface area contributed by atoms with Gasteiger partial charge in [-0.25, -0.2) is 9.59 Å². The summed E-state index contributed by atoms with van der Waals surface area (Å²) >= 11 is 12.3. The molecule has 4 rings (SSSR count). The molecule has 1 aromatic rings. The predicted molar refractivity (Wildman–Crippen MR) is 265 cm³/mol. The van der Waals surface area contributed by atoms with E-state index >= 15 is 0 Å². The number of carbonyl (C=O) groups is 3. The Morgan fingerprint density at radius 1 is 0.903 bits per heavy atom. The Labute approximate surface area is 431 Å². The fraction of sp³-hybridized carbons (Fsp3) is 0.635. The molecule has 72 heavy (non-hydrogen) atoms. The van der Waals surface area contributed by atoms with Crippen molar-refractivity contribution in [3.8, 4) is 11.5 Å². The number of carbonyl (C=O) groups excluding carboxylic acids is 3. The maximum Gasteiger partial charge on any atom is 0.342 e. The molecule has 18 nitrogen and oxygen atoms in total. The van der Waals surface area contributed by atoms with Crippen molar-refractivity contribution in [1.82, 2.24) is 0 Å². The monoisotopic (exact) mass is 1060 g/mol. The minimum absolute atomic E-state index is 0.0372. The number of cyclic esters (lactones) is 1. The summed E-state index contributed by atoms with van der Waals surface area (Å²) in [7, 11) is 1.26. The number of phenolic OH excluding ortho intramolecular Hbond substituents is 2. The van der Waals surface area contributed by atoms with Crippen molar-refractivity contribution in [3.63, 3.8) is 0 Å². The van der Waals surface area contributed by atoms with Crippen LogP contribution in [0.5, 0.6) is 11.5 Å². The first kappa shape index (κ1) is 60.7. The Kier molecular flexibility index (Phi) is 22.4. The lowest BCUT2D eigenvalue weighted by Crippen LogP contribution is -2.64. The number of benzene rings is 1. The zero-order valence-electron chi connectivity index (χ0n) is 43.0. The van der Waals surface area contributed by atoms with Crippen LogP contribution in [0.25, 0.3) is 0 Å². The van der Waals surface area contributed by atoms with Crippen LogP contribution in [0.15, 0.2) is 58.7 Å². The third kappa shape index (κ3) is 14.7. The van der Waals surface area contributed by atoms with Crippen molar-refractivity contribution in [3.05, 3.63) is 79.9 Å². The number of hydrogen-bond acceptors (Lipinski definition) is 18. The number of aromatic hydroxyl groups is 2. The Balaban J connectivity index is 1.61. The molecule has 0 saturated carbocycles. The van der Waals surface area contributed by atoms with Crippen molar-refractivity contribution in [2.45, 2.75) is 187 Å². The normalized spacial score (nSPS) is 34.8. The zero-order chi connectivity index (χ0) is 54.1. The molecule has 0 bridgehead atoms. The number of esters is 3. The van der Waals surface area contributed by atoms with E-state index in [2.05, 4.69) is 0 Å². The Hall–Kier alpha value is -3.89. The molecule has 0 aliphatic carbocycles. The highest BCUT2D eigenvalue weighted by Crippen LogP contribution is 2.45. The average Bonchev–Trinajstić information content (AvgIpc) is 3.32. The minimum Gasteiger partial charge on any atom is -0.505 e. The number of rotatable bonds is 13. The molecule has 2 saturated heterocycles. The number of aliphatic hydroxyl groups is 5. The second-order valence-electron chi connectivity index (χ2n) is 19.4. The van der Waals surface area contributed by atoms with Gasteiger partial charge in [-0.05, 0) is 90.5 Å². The van der Waals surface area contributed by atoms with Crippen LogP contribution in [0, 0.1) is 11.8 Å². The molecule has 3 heterocycles. The first-order valence-electron chi connectivity index (χ1n) is 24.2. The van der Waals surface area contributed by atoms with Gasteiger partial charge < -0.3 is 73.6 Å². The van der Waals surface area contributed by atoms with Crippen LogP contribution in [-0.4, -0.2) is 153 Å². The largest absolute Gasteiger partial charge is 0.505 e. The van der Waals surface area contributed by atoms with E-state index in [1.807, 2.05) is 32.9 Å². The number of ether oxygens (including phenoxy) is 8. The molecule has 0 unspecified atom stereocenters. The summed E-state index contributed by atoms with van der Waals surface area (Å²) in [5.74, 6) is -4.78. The fourth-order valence-electron chi connectivity index (χ4n) is 8.60. The van der Waals surface area contributed by atoms with Gasteiger partial charge in [-0.2, -0.15) is 0 Å². The van der Waals surface area contributed by atoms with E-state index in [4.69, 9.17) is 61.1 Å². The van der Waals surface area contributed by atoms with E-state index in [1.54, 1.807) is 53.7 Å². The molecule has 3 aliphatic heterocycles. The number of halogens is 2. The molecule has 1 aromatic carbocycles. The van der Waals surface area contributed by atoms with E-state index in [-0.39, 0.29) is 35.4 Å². The molecular formula is C52H74Cl2O18. The van der Waals surface area contributed by atoms with E-state index in [0.717, 1.165) is 0 Å².